The lowest BCUT2D eigenvalue weighted by Gasteiger charge is -2.34. The summed E-state index contributed by atoms with van der Waals surface area (Å²) in [7, 11) is 1.48. The first-order valence-electron chi connectivity index (χ1n) is 4.74. The maximum Gasteiger partial charge on any atom is 0.309 e. The molecule has 1 atom stereocenters. The van der Waals surface area contributed by atoms with E-state index in [-0.39, 0.29) is 11.9 Å². The van der Waals surface area contributed by atoms with E-state index >= 15 is 0 Å². The van der Waals surface area contributed by atoms with Crippen molar-refractivity contribution in [1.29, 1.82) is 0 Å². The second-order valence-electron chi connectivity index (χ2n) is 3.98. The Morgan fingerprint density at radius 1 is 1.42 bits per heavy atom. The molecule has 1 unspecified atom stereocenters. The third-order valence-corrected chi connectivity index (χ3v) is 2.85. The molecule has 0 heterocycles. The van der Waals surface area contributed by atoms with Gasteiger partial charge in [0.05, 0.1) is 13.0 Å². The van der Waals surface area contributed by atoms with Gasteiger partial charge in [0.1, 0.15) is 0 Å². The molecule has 0 spiro atoms. The number of methoxy groups -OCH3 is 1. The molecule has 1 aliphatic carbocycles. The summed E-state index contributed by atoms with van der Waals surface area (Å²) in [4.78, 5) is 11.4. The average molecular weight is 170 g/mol. The number of ether oxygens (including phenoxy) is 1. The Hall–Kier alpha value is -0.530. The van der Waals surface area contributed by atoms with E-state index in [4.69, 9.17) is 4.74 Å². The minimum Gasteiger partial charge on any atom is -0.469 e. The third kappa shape index (κ3) is 1.79. The predicted molar refractivity (Wildman–Crippen MR) is 47.7 cm³/mol. The van der Waals surface area contributed by atoms with Gasteiger partial charge in [-0.1, -0.05) is 20.3 Å². The van der Waals surface area contributed by atoms with Crippen molar-refractivity contribution in [3.05, 3.63) is 0 Å². The van der Waals surface area contributed by atoms with Crippen LogP contribution in [0.3, 0.4) is 0 Å². The molecule has 2 nitrogen and oxygen atoms in total. The van der Waals surface area contributed by atoms with Gasteiger partial charge in [0, 0.05) is 0 Å². The second-order valence-corrected chi connectivity index (χ2v) is 3.98. The van der Waals surface area contributed by atoms with Crippen LogP contribution in [0.1, 0.15) is 33.1 Å². The quantitative estimate of drug-likeness (QED) is 0.607. The standard InChI is InChI=1S/C10H18O2/c1-7(2)9(10(11)12-3)8-5-4-6-8/h7-9H,4-6H2,1-3H3. The zero-order valence-corrected chi connectivity index (χ0v) is 8.17. The monoisotopic (exact) mass is 170 g/mol. The molecule has 0 amide bonds. The van der Waals surface area contributed by atoms with Crippen LogP contribution in [-0.4, -0.2) is 13.1 Å². The summed E-state index contributed by atoms with van der Waals surface area (Å²) in [5.41, 5.74) is 0. The summed E-state index contributed by atoms with van der Waals surface area (Å²) in [5.74, 6) is 1.14. The molecule has 2 heteroatoms. The molecule has 12 heavy (non-hydrogen) atoms. The van der Waals surface area contributed by atoms with Gasteiger partial charge in [0.25, 0.3) is 0 Å². The zero-order chi connectivity index (χ0) is 9.14. The van der Waals surface area contributed by atoms with Crippen molar-refractivity contribution in [1.82, 2.24) is 0 Å². The molecule has 1 fully saturated rings. The molecule has 0 aromatic carbocycles. The molecule has 0 saturated heterocycles. The SMILES string of the molecule is COC(=O)C(C(C)C)C1CCC1. The average Bonchev–Trinajstić information content (AvgIpc) is 1.94. The summed E-state index contributed by atoms with van der Waals surface area (Å²) in [6.45, 7) is 4.19. The van der Waals surface area contributed by atoms with Crippen molar-refractivity contribution in [2.45, 2.75) is 33.1 Å². The molecular formula is C10H18O2. The van der Waals surface area contributed by atoms with E-state index in [1.165, 1.54) is 26.4 Å². The maximum atomic E-state index is 11.4. The van der Waals surface area contributed by atoms with Crippen molar-refractivity contribution >= 4 is 5.97 Å². The smallest absolute Gasteiger partial charge is 0.309 e. The fourth-order valence-electron chi connectivity index (χ4n) is 1.94. The number of carbonyl (C=O) groups is 1. The molecule has 1 aliphatic rings. The summed E-state index contributed by atoms with van der Waals surface area (Å²) >= 11 is 0. The Kier molecular flexibility index (Phi) is 3.12. The van der Waals surface area contributed by atoms with Gasteiger partial charge in [-0.2, -0.15) is 0 Å². The lowest BCUT2D eigenvalue weighted by Crippen LogP contribution is -2.33. The molecule has 0 N–H and O–H groups in total. The Labute approximate surface area is 74.3 Å². The first kappa shape index (κ1) is 9.56. The van der Waals surface area contributed by atoms with Crippen LogP contribution in [0.2, 0.25) is 0 Å². The second kappa shape index (κ2) is 3.92. The van der Waals surface area contributed by atoms with Crippen molar-refractivity contribution in [3.8, 4) is 0 Å². The minimum absolute atomic E-state index is 0.0188. The maximum absolute atomic E-state index is 11.4. The van der Waals surface area contributed by atoms with Gasteiger partial charge in [-0.25, -0.2) is 0 Å². The summed E-state index contributed by atoms with van der Waals surface area (Å²) in [6, 6.07) is 0. The Balaban J connectivity index is 2.53. The van der Waals surface area contributed by atoms with Gasteiger partial charge in [0.2, 0.25) is 0 Å². The number of hydrogen-bond donors (Lipinski definition) is 0. The molecular weight excluding hydrogens is 152 g/mol. The van der Waals surface area contributed by atoms with E-state index < -0.39 is 0 Å². The Morgan fingerprint density at radius 3 is 2.25 bits per heavy atom. The van der Waals surface area contributed by atoms with Crippen LogP contribution in [0, 0.1) is 17.8 Å². The topological polar surface area (TPSA) is 26.3 Å². The molecule has 0 aromatic heterocycles. The van der Waals surface area contributed by atoms with Gasteiger partial charge in [-0.05, 0) is 24.7 Å². The highest BCUT2D eigenvalue weighted by molar-refractivity contribution is 5.73. The molecule has 0 aliphatic heterocycles. The first-order valence-corrected chi connectivity index (χ1v) is 4.74. The Morgan fingerprint density at radius 2 is 2.00 bits per heavy atom. The van der Waals surface area contributed by atoms with Crippen molar-refractivity contribution in [2.75, 3.05) is 7.11 Å². The van der Waals surface area contributed by atoms with Crippen LogP contribution in [0.25, 0.3) is 0 Å². The fraction of sp³-hybridized carbons (Fsp3) is 0.900. The van der Waals surface area contributed by atoms with Gasteiger partial charge in [-0.3, -0.25) is 4.79 Å². The van der Waals surface area contributed by atoms with Crippen molar-refractivity contribution in [2.24, 2.45) is 17.8 Å². The number of hydrogen-bond acceptors (Lipinski definition) is 2. The van der Waals surface area contributed by atoms with E-state index in [2.05, 4.69) is 13.8 Å². The normalized spacial score (nSPS) is 20.3. The fourth-order valence-corrected chi connectivity index (χ4v) is 1.94. The molecule has 1 saturated carbocycles. The van der Waals surface area contributed by atoms with Crippen molar-refractivity contribution < 1.29 is 9.53 Å². The number of rotatable bonds is 3. The van der Waals surface area contributed by atoms with E-state index in [1.807, 2.05) is 0 Å². The van der Waals surface area contributed by atoms with Crippen LogP contribution in [0.5, 0.6) is 0 Å². The summed E-state index contributed by atoms with van der Waals surface area (Å²) in [6.07, 6.45) is 3.70. The van der Waals surface area contributed by atoms with Gasteiger partial charge >= 0.3 is 5.97 Å². The largest absolute Gasteiger partial charge is 0.469 e. The van der Waals surface area contributed by atoms with Crippen LogP contribution in [0.4, 0.5) is 0 Å². The van der Waals surface area contributed by atoms with Crippen LogP contribution in [-0.2, 0) is 9.53 Å². The minimum atomic E-state index is -0.0188. The zero-order valence-electron chi connectivity index (χ0n) is 8.17. The third-order valence-electron chi connectivity index (χ3n) is 2.85. The van der Waals surface area contributed by atoms with Crippen molar-refractivity contribution in [3.63, 3.8) is 0 Å². The van der Waals surface area contributed by atoms with Gasteiger partial charge in [0.15, 0.2) is 0 Å². The summed E-state index contributed by atoms with van der Waals surface area (Å²) < 4.78 is 4.79. The molecule has 0 radical (unpaired) electrons. The van der Waals surface area contributed by atoms with Crippen LogP contribution >= 0.6 is 0 Å². The molecule has 0 bridgehead atoms. The molecule has 70 valence electrons. The van der Waals surface area contributed by atoms with E-state index in [9.17, 15) is 4.79 Å². The highest BCUT2D eigenvalue weighted by atomic mass is 16.5. The summed E-state index contributed by atoms with van der Waals surface area (Å²) in [5, 5.41) is 0. The van der Waals surface area contributed by atoms with Crippen LogP contribution in [0.15, 0.2) is 0 Å². The Bertz CT molecular complexity index is 159. The lowest BCUT2D eigenvalue weighted by molar-refractivity contribution is -0.150. The molecule has 0 aromatic rings. The highest BCUT2D eigenvalue weighted by Gasteiger charge is 2.35. The number of carbonyl (C=O) groups excluding carboxylic acids is 1. The van der Waals surface area contributed by atoms with Gasteiger partial charge in [-0.15, -0.1) is 0 Å². The lowest BCUT2D eigenvalue weighted by atomic mass is 9.71. The predicted octanol–water partition coefficient (Wildman–Crippen LogP) is 2.23. The van der Waals surface area contributed by atoms with Gasteiger partial charge < -0.3 is 4.74 Å². The van der Waals surface area contributed by atoms with E-state index in [0.717, 1.165) is 0 Å². The molecule has 1 rings (SSSR count). The first-order chi connectivity index (χ1) is 5.66. The number of esters is 1. The van der Waals surface area contributed by atoms with E-state index in [0.29, 0.717) is 11.8 Å². The van der Waals surface area contributed by atoms with E-state index in [1.54, 1.807) is 0 Å². The van der Waals surface area contributed by atoms with Crippen LogP contribution < -0.4 is 0 Å². The highest BCUT2D eigenvalue weighted by Crippen LogP contribution is 2.37.